The predicted octanol–water partition coefficient (Wildman–Crippen LogP) is 2.10. The summed E-state index contributed by atoms with van der Waals surface area (Å²) >= 11 is 0. The number of nitrogens with one attached hydrogen (secondary N) is 1. The fourth-order valence-corrected chi connectivity index (χ4v) is 5.88. The molecule has 0 spiro atoms. The molecule has 6 rings (SSSR count). The van der Waals surface area contributed by atoms with Crippen molar-refractivity contribution in [1.29, 1.82) is 0 Å². The van der Waals surface area contributed by atoms with E-state index >= 15 is 0 Å². The second kappa shape index (κ2) is 11.0. The van der Waals surface area contributed by atoms with Crippen LogP contribution in [-0.4, -0.2) is 33.2 Å². The smallest absolute Gasteiger partial charge is 0.231 e. The minimum atomic E-state index is -0.185. The SMILES string of the molecule is CCCOC1C(OC)=CC=C2C1=C[NH+]1CCc3cc4c(cc3C1=C2Cc1ccc(C(C)C)cc1)OCO4.[Cl-]. The van der Waals surface area contributed by atoms with E-state index in [1.165, 1.54) is 49.6 Å². The van der Waals surface area contributed by atoms with Crippen molar-refractivity contribution in [2.75, 3.05) is 27.1 Å². The van der Waals surface area contributed by atoms with Crippen LogP contribution < -0.4 is 26.8 Å². The molecule has 0 saturated carbocycles. The van der Waals surface area contributed by atoms with Gasteiger partial charge in [-0.2, -0.15) is 0 Å². The maximum atomic E-state index is 6.38. The number of hydrogen-bond acceptors (Lipinski definition) is 4. The first-order valence-corrected chi connectivity index (χ1v) is 13.5. The Morgan fingerprint density at radius 2 is 1.82 bits per heavy atom. The highest BCUT2D eigenvalue weighted by Crippen LogP contribution is 2.42. The van der Waals surface area contributed by atoms with Gasteiger partial charge in [0, 0.05) is 36.2 Å². The molecule has 2 aromatic rings. The highest BCUT2D eigenvalue weighted by atomic mass is 35.5. The van der Waals surface area contributed by atoms with Gasteiger partial charge in [0.2, 0.25) is 6.79 Å². The van der Waals surface area contributed by atoms with E-state index in [2.05, 4.69) is 75.5 Å². The second-order valence-corrected chi connectivity index (χ2v) is 10.5. The Labute approximate surface area is 231 Å². The largest absolute Gasteiger partial charge is 1.00 e. The summed E-state index contributed by atoms with van der Waals surface area (Å²) in [6.07, 6.45) is 9.29. The molecule has 5 nitrogen and oxygen atoms in total. The molecule has 0 fully saturated rings. The molecule has 2 atom stereocenters. The summed E-state index contributed by atoms with van der Waals surface area (Å²) in [5.41, 5.74) is 10.4. The normalized spacial score (nSPS) is 21.0. The van der Waals surface area contributed by atoms with E-state index in [9.17, 15) is 0 Å². The van der Waals surface area contributed by atoms with Crippen molar-refractivity contribution in [1.82, 2.24) is 0 Å². The van der Waals surface area contributed by atoms with Crippen LogP contribution in [0.2, 0.25) is 0 Å². The van der Waals surface area contributed by atoms with Gasteiger partial charge in [-0.15, -0.1) is 0 Å². The summed E-state index contributed by atoms with van der Waals surface area (Å²) < 4.78 is 23.7. The molecule has 0 aromatic heterocycles. The van der Waals surface area contributed by atoms with Crippen LogP contribution in [0.25, 0.3) is 5.70 Å². The molecular formula is C32H36ClNO4. The van der Waals surface area contributed by atoms with E-state index in [-0.39, 0.29) is 18.5 Å². The minimum absolute atomic E-state index is 0. The van der Waals surface area contributed by atoms with Gasteiger partial charge in [-0.1, -0.05) is 51.1 Å². The lowest BCUT2D eigenvalue weighted by Crippen LogP contribution is -3.06. The third kappa shape index (κ3) is 4.68. The van der Waals surface area contributed by atoms with Gasteiger partial charge in [0.05, 0.1) is 13.7 Å². The number of hydrogen-bond donors (Lipinski definition) is 1. The second-order valence-electron chi connectivity index (χ2n) is 10.5. The molecule has 3 aliphatic heterocycles. The van der Waals surface area contributed by atoms with Crippen molar-refractivity contribution in [3.8, 4) is 11.5 Å². The molecule has 38 heavy (non-hydrogen) atoms. The zero-order valence-electron chi connectivity index (χ0n) is 22.6. The third-order valence-corrected chi connectivity index (χ3v) is 7.83. The molecule has 0 bridgehead atoms. The summed E-state index contributed by atoms with van der Waals surface area (Å²) in [5, 5.41) is 0. The Morgan fingerprint density at radius 1 is 1.05 bits per heavy atom. The van der Waals surface area contributed by atoms with Crippen molar-refractivity contribution in [3.05, 3.63) is 99.5 Å². The third-order valence-electron chi connectivity index (χ3n) is 7.83. The molecule has 0 amide bonds. The number of halogens is 1. The molecule has 1 aliphatic carbocycles. The first kappa shape index (κ1) is 26.6. The Bertz CT molecular complexity index is 1340. The number of methoxy groups -OCH3 is 1. The first-order chi connectivity index (χ1) is 18.1. The van der Waals surface area contributed by atoms with Crippen LogP contribution in [0.15, 0.2) is 77.2 Å². The number of quaternary nitrogens is 1. The fourth-order valence-electron chi connectivity index (χ4n) is 5.88. The Morgan fingerprint density at radius 3 is 2.53 bits per heavy atom. The Balaban J connectivity index is 0.00000294. The zero-order chi connectivity index (χ0) is 25.5. The highest BCUT2D eigenvalue weighted by Gasteiger charge is 2.40. The van der Waals surface area contributed by atoms with E-state index in [0.717, 1.165) is 43.1 Å². The molecule has 1 N–H and O–H groups in total. The number of rotatable bonds is 7. The summed E-state index contributed by atoms with van der Waals surface area (Å²) in [6.45, 7) is 8.60. The van der Waals surface area contributed by atoms with E-state index in [1.54, 1.807) is 7.11 Å². The van der Waals surface area contributed by atoms with Crippen molar-refractivity contribution in [2.24, 2.45) is 0 Å². The van der Waals surface area contributed by atoms with Gasteiger partial charge in [0.15, 0.2) is 11.5 Å². The van der Waals surface area contributed by atoms with Crippen molar-refractivity contribution in [2.45, 2.75) is 52.1 Å². The van der Waals surface area contributed by atoms with Gasteiger partial charge in [0.1, 0.15) is 23.8 Å². The van der Waals surface area contributed by atoms with Crippen LogP contribution in [0.5, 0.6) is 11.5 Å². The molecule has 4 aliphatic rings. The van der Waals surface area contributed by atoms with Crippen molar-refractivity contribution < 1.29 is 36.3 Å². The van der Waals surface area contributed by atoms with Crippen molar-refractivity contribution in [3.63, 3.8) is 0 Å². The molecule has 0 radical (unpaired) electrons. The number of fused-ring (bicyclic) bond motifs is 5. The van der Waals surface area contributed by atoms with Gasteiger partial charge in [0.25, 0.3) is 0 Å². The molecule has 200 valence electrons. The maximum absolute atomic E-state index is 6.38. The minimum Gasteiger partial charge on any atom is -1.00 e. The average molecular weight is 534 g/mol. The molecule has 0 saturated heterocycles. The molecular weight excluding hydrogens is 498 g/mol. The van der Waals surface area contributed by atoms with E-state index < -0.39 is 0 Å². The maximum Gasteiger partial charge on any atom is 0.231 e. The van der Waals surface area contributed by atoms with Crippen LogP contribution in [0.4, 0.5) is 0 Å². The summed E-state index contributed by atoms with van der Waals surface area (Å²) in [7, 11) is 1.74. The van der Waals surface area contributed by atoms with Crippen LogP contribution >= 0.6 is 0 Å². The van der Waals surface area contributed by atoms with Gasteiger partial charge in [-0.3, -0.25) is 4.90 Å². The zero-order valence-corrected chi connectivity index (χ0v) is 23.4. The van der Waals surface area contributed by atoms with Crippen molar-refractivity contribution >= 4 is 5.70 Å². The van der Waals surface area contributed by atoms with E-state index in [4.69, 9.17) is 18.9 Å². The average Bonchev–Trinajstić information content (AvgIpc) is 3.37. The first-order valence-electron chi connectivity index (χ1n) is 13.5. The Kier molecular flexibility index (Phi) is 7.71. The summed E-state index contributed by atoms with van der Waals surface area (Å²) in [6, 6.07) is 13.5. The highest BCUT2D eigenvalue weighted by molar-refractivity contribution is 5.77. The van der Waals surface area contributed by atoms with Crippen LogP contribution in [0.3, 0.4) is 0 Å². The van der Waals surface area contributed by atoms with E-state index in [1.807, 2.05) is 0 Å². The van der Waals surface area contributed by atoms with Gasteiger partial charge < -0.3 is 31.4 Å². The molecule has 6 heteroatoms. The quantitative estimate of drug-likeness (QED) is 0.592. The van der Waals surface area contributed by atoms with E-state index in [0.29, 0.717) is 19.3 Å². The van der Waals surface area contributed by atoms with Crippen LogP contribution in [-0.2, 0) is 22.3 Å². The Hall–Kier alpha value is -2.99. The van der Waals surface area contributed by atoms with Crippen LogP contribution in [0, 0.1) is 0 Å². The lowest BCUT2D eigenvalue weighted by molar-refractivity contribution is -0.771. The molecule has 2 unspecified atom stereocenters. The van der Waals surface area contributed by atoms with Gasteiger partial charge >= 0.3 is 0 Å². The standard InChI is InChI=1S/C32H35NO4.ClH/c1-5-14-35-32-27-18-33-13-12-23-16-29-30(37-19-36-29)17-25(23)31(33)26(24(27)10-11-28(32)34-4)15-21-6-8-22(9-7-21)20(2)3;/h6-11,16-18,20,32H,5,12-15,19H2,1-4H3;1H. The summed E-state index contributed by atoms with van der Waals surface area (Å²) in [4.78, 5) is 1.37. The number of allylic oxidation sites excluding steroid dienone is 3. The monoisotopic (exact) mass is 533 g/mol. The fraction of sp³-hybridized carbons (Fsp3) is 0.375. The van der Waals surface area contributed by atoms with Crippen LogP contribution in [0.1, 0.15) is 55.4 Å². The molecule has 3 heterocycles. The number of benzene rings is 2. The molecule has 2 aromatic carbocycles. The lowest BCUT2D eigenvalue weighted by Gasteiger charge is -2.36. The van der Waals surface area contributed by atoms with Gasteiger partial charge in [-0.25, -0.2) is 0 Å². The number of ether oxygens (including phenoxy) is 4. The van der Waals surface area contributed by atoms with Gasteiger partial charge in [-0.05, 0) is 52.8 Å². The topological polar surface area (TPSA) is 41.4 Å². The summed E-state index contributed by atoms with van der Waals surface area (Å²) in [5.74, 6) is 3.09. The predicted molar refractivity (Wildman–Crippen MR) is 145 cm³/mol. The lowest BCUT2D eigenvalue weighted by atomic mass is 9.79.